The summed E-state index contributed by atoms with van der Waals surface area (Å²) in [5.41, 5.74) is 7.04. The molecule has 1 aromatic carbocycles. The smallest absolute Gasteiger partial charge is 0.107 e. The highest BCUT2D eigenvalue weighted by Gasteiger charge is 2.17. The molecule has 0 saturated heterocycles. The van der Waals surface area contributed by atoms with Crippen molar-refractivity contribution in [1.29, 1.82) is 5.26 Å². The predicted molar refractivity (Wildman–Crippen MR) is 67.6 cm³/mol. The molecule has 0 aliphatic rings. The summed E-state index contributed by atoms with van der Waals surface area (Å²) in [6.07, 6.45) is 0. The van der Waals surface area contributed by atoms with E-state index in [2.05, 4.69) is 6.07 Å². The van der Waals surface area contributed by atoms with E-state index in [9.17, 15) is 5.26 Å². The molecule has 2 rings (SSSR count). The third-order valence-electron chi connectivity index (χ3n) is 2.29. The van der Waals surface area contributed by atoms with Gasteiger partial charge in [-0.2, -0.15) is 5.26 Å². The minimum atomic E-state index is -0.312. The molecule has 1 aromatic heterocycles. The van der Waals surface area contributed by atoms with E-state index in [-0.39, 0.29) is 5.92 Å². The lowest BCUT2D eigenvalue weighted by atomic mass is 9.99. The number of rotatable bonds is 2. The number of halogens is 1. The molecule has 1 unspecified atom stereocenters. The first-order valence-corrected chi connectivity index (χ1v) is 5.96. The molecule has 0 aliphatic heterocycles. The molecule has 0 aliphatic carbocycles. The summed E-state index contributed by atoms with van der Waals surface area (Å²) in [4.78, 5) is 0.995. The molecule has 0 amide bonds. The highest BCUT2D eigenvalue weighted by Crippen LogP contribution is 2.33. The van der Waals surface area contributed by atoms with Gasteiger partial charge >= 0.3 is 0 Å². The van der Waals surface area contributed by atoms with E-state index in [1.165, 1.54) is 0 Å². The van der Waals surface area contributed by atoms with Gasteiger partial charge in [0.15, 0.2) is 0 Å². The molecule has 0 radical (unpaired) electrons. The maximum absolute atomic E-state index is 9.21. The van der Waals surface area contributed by atoms with Crippen molar-refractivity contribution < 1.29 is 0 Å². The minimum Gasteiger partial charge on any atom is -0.399 e. The van der Waals surface area contributed by atoms with Crippen LogP contribution in [0, 0.1) is 11.3 Å². The van der Waals surface area contributed by atoms with Crippen LogP contribution in [0.15, 0.2) is 35.7 Å². The van der Waals surface area contributed by atoms with E-state index >= 15 is 0 Å². The lowest BCUT2D eigenvalue weighted by Gasteiger charge is -2.09. The van der Waals surface area contributed by atoms with Gasteiger partial charge in [-0.15, -0.1) is 11.3 Å². The first kappa shape index (κ1) is 11.0. The van der Waals surface area contributed by atoms with Crippen LogP contribution in [0.25, 0.3) is 0 Å². The van der Waals surface area contributed by atoms with Crippen LogP contribution < -0.4 is 5.73 Å². The van der Waals surface area contributed by atoms with Crippen LogP contribution >= 0.6 is 22.9 Å². The molecular formula is C12H9ClN2S. The zero-order valence-electron chi connectivity index (χ0n) is 8.35. The van der Waals surface area contributed by atoms with E-state index in [4.69, 9.17) is 17.3 Å². The molecule has 2 aromatic rings. The molecule has 0 spiro atoms. The maximum atomic E-state index is 9.21. The third-order valence-corrected chi connectivity index (χ3v) is 3.56. The van der Waals surface area contributed by atoms with Crippen molar-refractivity contribution in [3.05, 3.63) is 51.2 Å². The Morgan fingerprint density at radius 3 is 2.75 bits per heavy atom. The molecule has 0 bridgehead atoms. The summed E-state index contributed by atoms with van der Waals surface area (Å²) in [5.74, 6) is -0.312. The molecule has 2 nitrogen and oxygen atoms in total. The first-order valence-electron chi connectivity index (χ1n) is 4.70. The zero-order chi connectivity index (χ0) is 11.5. The fraction of sp³-hybridized carbons (Fsp3) is 0.0833. The summed E-state index contributed by atoms with van der Waals surface area (Å²) in [6.45, 7) is 0. The largest absolute Gasteiger partial charge is 0.399 e. The lowest BCUT2D eigenvalue weighted by molar-refractivity contribution is 1.07. The number of nitrogens with zero attached hydrogens (tertiary/aromatic N) is 1. The Balaban J connectivity index is 2.46. The number of anilines is 1. The number of hydrogen-bond acceptors (Lipinski definition) is 3. The van der Waals surface area contributed by atoms with Crippen LogP contribution in [0.2, 0.25) is 5.02 Å². The molecule has 4 heteroatoms. The molecule has 0 saturated carbocycles. The van der Waals surface area contributed by atoms with Crippen LogP contribution in [-0.2, 0) is 0 Å². The molecule has 16 heavy (non-hydrogen) atoms. The first-order chi connectivity index (χ1) is 7.72. The molecule has 2 N–H and O–H groups in total. The van der Waals surface area contributed by atoms with Crippen LogP contribution in [0.3, 0.4) is 0 Å². The average molecular weight is 249 g/mol. The van der Waals surface area contributed by atoms with E-state index in [1.807, 2.05) is 23.6 Å². The Morgan fingerprint density at radius 1 is 1.38 bits per heavy atom. The maximum Gasteiger partial charge on any atom is 0.107 e. The van der Waals surface area contributed by atoms with E-state index in [1.54, 1.807) is 23.5 Å². The highest BCUT2D eigenvalue weighted by atomic mass is 35.5. The second-order valence-electron chi connectivity index (χ2n) is 3.36. The minimum absolute atomic E-state index is 0.312. The van der Waals surface area contributed by atoms with Gasteiger partial charge in [-0.3, -0.25) is 0 Å². The van der Waals surface area contributed by atoms with Crippen molar-refractivity contribution in [3.63, 3.8) is 0 Å². The summed E-state index contributed by atoms with van der Waals surface area (Å²) >= 11 is 7.64. The summed E-state index contributed by atoms with van der Waals surface area (Å²) in [7, 11) is 0. The van der Waals surface area contributed by atoms with Gasteiger partial charge in [-0.25, -0.2) is 0 Å². The SMILES string of the molecule is N#CC(c1cccs1)c1ccc(N)cc1Cl. The number of hydrogen-bond donors (Lipinski definition) is 1. The molecular weight excluding hydrogens is 240 g/mol. The standard InChI is InChI=1S/C12H9ClN2S/c13-11-6-8(15)3-4-9(11)10(7-14)12-2-1-5-16-12/h1-6,10H,15H2. The molecule has 80 valence electrons. The highest BCUT2D eigenvalue weighted by molar-refractivity contribution is 7.10. The fourth-order valence-electron chi connectivity index (χ4n) is 1.52. The zero-order valence-corrected chi connectivity index (χ0v) is 9.92. The van der Waals surface area contributed by atoms with Crippen molar-refractivity contribution >= 4 is 28.6 Å². The van der Waals surface area contributed by atoms with Gasteiger partial charge in [0.25, 0.3) is 0 Å². The number of nitriles is 1. The van der Waals surface area contributed by atoms with Gasteiger partial charge in [0.1, 0.15) is 5.92 Å². The second kappa shape index (κ2) is 4.56. The van der Waals surface area contributed by atoms with E-state index in [0.29, 0.717) is 10.7 Å². The number of thiophene rings is 1. The van der Waals surface area contributed by atoms with Crippen molar-refractivity contribution in [2.75, 3.05) is 5.73 Å². The Hall–Kier alpha value is -1.50. The predicted octanol–water partition coefficient (Wildman–Crippen LogP) is 3.64. The Kier molecular flexibility index (Phi) is 3.14. The van der Waals surface area contributed by atoms with Gasteiger partial charge in [0.05, 0.1) is 6.07 Å². The number of nitrogens with two attached hydrogens (primary N) is 1. The van der Waals surface area contributed by atoms with Crippen molar-refractivity contribution in [3.8, 4) is 6.07 Å². The number of benzene rings is 1. The Bertz CT molecular complexity index is 528. The molecule has 1 heterocycles. The van der Waals surface area contributed by atoms with E-state index < -0.39 is 0 Å². The fourth-order valence-corrected chi connectivity index (χ4v) is 2.60. The Morgan fingerprint density at radius 2 is 2.19 bits per heavy atom. The van der Waals surface area contributed by atoms with Gasteiger partial charge < -0.3 is 5.73 Å². The topological polar surface area (TPSA) is 49.8 Å². The Labute approximate surface area is 103 Å². The average Bonchev–Trinajstić information content (AvgIpc) is 2.75. The second-order valence-corrected chi connectivity index (χ2v) is 4.74. The van der Waals surface area contributed by atoms with Gasteiger partial charge in [0, 0.05) is 15.6 Å². The normalized spacial score (nSPS) is 12.0. The van der Waals surface area contributed by atoms with Crippen LogP contribution in [-0.4, -0.2) is 0 Å². The van der Waals surface area contributed by atoms with Crippen molar-refractivity contribution in [2.45, 2.75) is 5.92 Å². The molecule has 0 fully saturated rings. The third kappa shape index (κ3) is 2.04. The van der Waals surface area contributed by atoms with Crippen molar-refractivity contribution in [2.24, 2.45) is 0 Å². The molecule has 1 atom stereocenters. The summed E-state index contributed by atoms with van der Waals surface area (Å²) in [6, 6.07) is 11.4. The van der Waals surface area contributed by atoms with Gasteiger partial charge in [-0.1, -0.05) is 23.7 Å². The van der Waals surface area contributed by atoms with Gasteiger partial charge in [0.2, 0.25) is 0 Å². The van der Waals surface area contributed by atoms with Crippen LogP contribution in [0.5, 0.6) is 0 Å². The summed E-state index contributed by atoms with van der Waals surface area (Å²) < 4.78 is 0. The van der Waals surface area contributed by atoms with Crippen LogP contribution in [0.1, 0.15) is 16.4 Å². The lowest BCUT2D eigenvalue weighted by Crippen LogP contribution is -1.97. The quantitative estimate of drug-likeness (QED) is 0.825. The van der Waals surface area contributed by atoms with Gasteiger partial charge in [-0.05, 0) is 29.1 Å². The van der Waals surface area contributed by atoms with Crippen LogP contribution in [0.4, 0.5) is 5.69 Å². The van der Waals surface area contributed by atoms with E-state index in [0.717, 1.165) is 10.4 Å². The summed E-state index contributed by atoms with van der Waals surface area (Å²) in [5, 5.41) is 11.7. The monoisotopic (exact) mass is 248 g/mol. The number of nitrogen functional groups attached to an aromatic ring is 1. The van der Waals surface area contributed by atoms with Crippen molar-refractivity contribution in [1.82, 2.24) is 0 Å².